The molecule has 4 aromatic rings. The maximum absolute atomic E-state index is 13.7. The zero-order chi connectivity index (χ0) is 22.2. The van der Waals surface area contributed by atoms with Crippen molar-refractivity contribution in [2.24, 2.45) is 0 Å². The van der Waals surface area contributed by atoms with E-state index in [-0.39, 0.29) is 11.3 Å². The summed E-state index contributed by atoms with van der Waals surface area (Å²) in [6, 6.07) is 7.58. The summed E-state index contributed by atoms with van der Waals surface area (Å²) in [5.41, 5.74) is 0.474. The minimum absolute atomic E-state index is 0.106. The molecule has 10 heteroatoms. The first-order valence-corrected chi connectivity index (χ1v) is 9.06. The zero-order valence-corrected chi connectivity index (χ0v) is 16.0. The smallest absolute Gasteiger partial charge is 0.346 e. The summed E-state index contributed by atoms with van der Waals surface area (Å²) < 4.78 is 54.5. The molecule has 0 saturated heterocycles. The second kappa shape index (κ2) is 7.71. The first-order chi connectivity index (χ1) is 14.7. The number of anilines is 2. The number of hydrogen-bond acceptors (Lipinski definition) is 3. The first kappa shape index (κ1) is 20.3. The van der Waals surface area contributed by atoms with Gasteiger partial charge in [-0.25, -0.2) is 19.2 Å². The summed E-state index contributed by atoms with van der Waals surface area (Å²) >= 11 is 0. The predicted octanol–water partition coefficient (Wildman–Crippen LogP) is 5.74. The third kappa shape index (κ3) is 4.18. The number of amides is 2. The van der Waals surface area contributed by atoms with Gasteiger partial charge in [-0.2, -0.15) is 13.2 Å². The second-order valence-electron chi connectivity index (χ2n) is 6.77. The van der Waals surface area contributed by atoms with Crippen molar-refractivity contribution in [3.05, 3.63) is 71.9 Å². The van der Waals surface area contributed by atoms with Gasteiger partial charge < -0.3 is 15.6 Å². The lowest BCUT2D eigenvalue weighted by Crippen LogP contribution is -2.22. The van der Waals surface area contributed by atoms with Crippen molar-refractivity contribution in [2.75, 3.05) is 10.6 Å². The number of H-pyrrole nitrogens is 1. The number of aromatic nitrogens is 3. The van der Waals surface area contributed by atoms with Crippen molar-refractivity contribution >= 4 is 28.4 Å². The van der Waals surface area contributed by atoms with E-state index in [4.69, 9.17) is 0 Å². The molecule has 0 radical (unpaired) electrons. The van der Waals surface area contributed by atoms with Crippen LogP contribution in [0.5, 0.6) is 0 Å². The van der Waals surface area contributed by atoms with Gasteiger partial charge in [-0.3, -0.25) is 0 Å². The highest BCUT2D eigenvalue weighted by molar-refractivity contribution is 6.01. The van der Waals surface area contributed by atoms with Crippen LogP contribution in [0.2, 0.25) is 0 Å². The number of aryl methyl sites for hydroxylation is 1. The summed E-state index contributed by atoms with van der Waals surface area (Å²) in [6.07, 6.45) is -1.78. The van der Waals surface area contributed by atoms with Gasteiger partial charge in [0.1, 0.15) is 17.8 Å². The monoisotopic (exact) mass is 429 g/mol. The van der Waals surface area contributed by atoms with Crippen LogP contribution >= 0.6 is 0 Å². The molecule has 6 nitrogen and oxygen atoms in total. The van der Waals surface area contributed by atoms with Crippen LogP contribution in [-0.4, -0.2) is 21.0 Å². The van der Waals surface area contributed by atoms with Gasteiger partial charge in [0, 0.05) is 22.8 Å². The first-order valence-electron chi connectivity index (χ1n) is 9.06. The summed E-state index contributed by atoms with van der Waals surface area (Å²) in [5.74, 6) is -0.589. The summed E-state index contributed by atoms with van der Waals surface area (Å²) in [4.78, 5) is 23.4. The molecule has 31 heavy (non-hydrogen) atoms. The van der Waals surface area contributed by atoms with Crippen LogP contribution < -0.4 is 10.6 Å². The molecule has 0 aliphatic rings. The lowest BCUT2D eigenvalue weighted by Gasteiger charge is -2.16. The Labute approximate surface area is 173 Å². The van der Waals surface area contributed by atoms with Crippen LogP contribution in [0.1, 0.15) is 11.1 Å². The number of nitrogens with zero attached hydrogens (tertiary/aromatic N) is 2. The average Bonchev–Trinajstić information content (AvgIpc) is 3.09. The maximum Gasteiger partial charge on any atom is 0.418 e. The number of hydrogen-bond donors (Lipinski definition) is 3. The third-order valence-electron chi connectivity index (χ3n) is 4.60. The highest BCUT2D eigenvalue weighted by atomic mass is 19.4. The van der Waals surface area contributed by atoms with Crippen molar-refractivity contribution in [3.63, 3.8) is 0 Å². The third-order valence-corrected chi connectivity index (χ3v) is 4.60. The van der Waals surface area contributed by atoms with Crippen molar-refractivity contribution in [2.45, 2.75) is 13.1 Å². The molecule has 2 aromatic carbocycles. The number of alkyl halides is 3. The molecule has 3 N–H and O–H groups in total. The molecule has 0 spiro atoms. The van der Waals surface area contributed by atoms with Crippen molar-refractivity contribution in [1.82, 2.24) is 15.0 Å². The van der Waals surface area contributed by atoms with E-state index in [0.717, 1.165) is 23.8 Å². The van der Waals surface area contributed by atoms with E-state index in [1.54, 1.807) is 13.1 Å². The SMILES string of the molecule is Cc1c[nH]c2ncnc(-c3ccc(NC(=O)Nc4cccc(F)c4)c(C(F)(F)F)c3)c12. The Bertz CT molecular complexity index is 1280. The Morgan fingerprint density at radius 1 is 1.06 bits per heavy atom. The molecule has 0 atom stereocenters. The van der Waals surface area contributed by atoms with E-state index in [2.05, 4.69) is 25.6 Å². The highest BCUT2D eigenvalue weighted by Gasteiger charge is 2.34. The fourth-order valence-electron chi connectivity index (χ4n) is 3.22. The second-order valence-corrected chi connectivity index (χ2v) is 6.77. The highest BCUT2D eigenvalue weighted by Crippen LogP contribution is 2.38. The van der Waals surface area contributed by atoms with E-state index in [1.807, 2.05) is 0 Å². The topological polar surface area (TPSA) is 82.7 Å². The van der Waals surface area contributed by atoms with Crippen LogP contribution in [-0.2, 0) is 6.18 Å². The van der Waals surface area contributed by atoms with Crippen LogP contribution in [0, 0.1) is 12.7 Å². The molecule has 0 fully saturated rings. The van der Waals surface area contributed by atoms with Crippen molar-refractivity contribution < 1.29 is 22.4 Å². The molecule has 2 aromatic heterocycles. The van der Waals surface area contributed by atoms with Gasteiger partial charge in [-0.15, -0.1) is 0 Å². The Kier molecular flexibility index (Phi) is 5.05. The number of carbonyl (C=O) groups excluding carboxylic acids is 1. The average molecular weight is 429 g/mol. The van der Waals surface area contributed by atoms with E-state index < -0.39 is 29.3 Å². The fourth-order valence-corrected chi connectivity index (χ4v) is 3.22. The number of urea groups is 1. The summed E-state index contributed by atoms with van der Waals surface area (Å²) in [7, 11) is 0. The minimum atomic E-state index is -4.74. The Hall–Kier alpha value is -3.95. The Morgan fingerprint density at radius 3 is 2.61 bits per heavy atom. The zero-order valence-electron chi connectivity index (χ0n) is 16.0. The van der Waals surface area contributed by atoms with Gasteiger partial charge in [0.05, 0.1) is 16.9 Å². The Balaban J connectivity index is 1.69. The van der Waals surface area contributed by atoms with Gasteiger partial charge in [0.15, 0.2) is 0 Å². The van der Waals surface area contributed by atoms with Crippen molar-refractivity contribution in [1.29, 1.82) is 0 Å². The molecule has 4 rings (SSSR count). The summed E-state index contributed by atoms with van der Waals surface area (Å²) in [5, 5.41) is 5.09. The minimum Gasteiger partial charge on any atom is -0.346 e. The predicted molar refractivity (Wildman–Crippen MR) is 108 cm³/mol. The fraction of sp³-hybridized carbons (Fsp3) is 0.0952. The molecule has 2 heterocycles. The van der Waals surface area contributed by atoms with E-state index in [0.29, 0.717) is 16.7 Å². The number of carbonyl (C=O) groups is 1. The van der Waals surface area contributed by atoms with Crippen LogP contribution in [0.15, 0.2) is 55.0 Å². The Morgan fingerprint density at radius 2 is 1.87 bits per heavy atom. The molecule has 0 unspecified atom stereocenters. The molecular weight excluding hydrogens is 414 g/mol. The van der Waals surface area contributed by atoms with Gasteiger partial charge in [0.25, 0.3) is 0 Å². The molecule has 0 aliphatic heterocycles. The van der Waals surface area contributed by atoms with E-state index in [1.165, 1.54) is 30.6 Å². The van der Waals surface area contributed by atoms with E-state index >= 15 is 0 Å². The number of halogens is 4. The van der Waals surface area contributed by atoms with Crippen LogP contribution in [0.4, 0.5) is 33.7 Å². The molecule has 0 bridgehead atoms. The molecule has 158 valence electrons. The largest absolute Gasteiger partial charge is 0.418 e. The number of aromatic amines is 1. The van der Waals surface area contributed by atoms with Gasteiger partial charge in [-0.1, -0.05) is 12.1 Å². The quantitative estimate of drug-likeness (QED) is 0.364. The van der Waals surface area contributed by atoms with E-state index in [9.17, 15) is 22.4 Å². The van der Waals surface area contributed by atoms with Crippen LogP contribution in [0.3, 0.4) is 0 Å². The van der Waals surface area contributed by atoms with Gasteiger partial charge in [0.2, 0.25) is 0 Å². The lowest BCUT2D eigenvalue weighted by molar-refractivity contribution is -0.136. The number of nitrogens with one attached hydrogen (secondary N) is 3. The molecule has 0 saturated carbocycles. The molecule has 2 amide bonds. The number of rotatable bonds is 3. The normalized spacial score (nSPS) is 11.5. The molecule has 0 aliphatic carbocycles. The number of fused-ring (bicyclic) bond motifs is 1. The maximum atomic E-state index is 13.7. The van der Waals surface area contributed by atoms with Gasteiger partial charge in [-0.05, 0) is 42.8 Å². The summed E-state index contributed by atoms with van der Waals surface area (Å²) in [6.45, 7) is 1.79. The van der Waals surface area contributed by atoms with Crippen LogP contribution in [0.25, 0.3) is 22.3 Å². The molecular formula is C21H15F4N5O. The van der Waals surface area contributed by atoms with Crippen molar-refractivity contribution in [3.8, 4) is 11.3 Å². The van der Waals surface area contributed by atoms with Gasteiger partial charge >= 0.3 is 12.2 Å². The standard InChI is InChI=1S/C21H15F4N5O/c1-11-9-26-19-17(11)18(27-10-28-19)12-5-6-16(15(7-12)21(23,24)25)30-20(31)29-14-4-2-3-13(22)8-14/h2-10H,1H3,(H,26,27,28)(H2,29,30,31). The number of benzene rings is 2. The lowest BCUT2D eigenvalue weighted by atomic mass is 10.0.